The third-order valence-corrected chi connectivity index (χ3v) is 4.47. The van der Waals surface area contributed by atoms with Crippen molar-refractivity contribution in [3.63, 3.8) is 0 Å². The summed E-state index contributed by atoms with van der Waals surface area (Å²) in [6.45, 7) is 7.40. The Morgan fingerprint density at radius 2 is 1.62 bits per heavy atom. The van der Waals surface area contributed by atoms with Crippen molar-refractivity contribution in [1.82, 2.24) is 0 Å². The van der Waals surface area contributed by atoms with Crippen LogP contribution in [0.1, 0.15) is 39.5 Å². The summed E-state index contributed by atoms with van der Waals surface area (Å²) < 4.78 is 11.6. The molecule has 29 heavy (non-hydrogen) atoms. The predicted octanol–water partition coefficient (Wildman–Crippen LogP) is 5.67. The fraction of sp³-hybridized carbons (Fsp3) is 0.240. The van der Waals surface area contributed by atoms with Crippen LogP contribution >= 0.6 is 0 Å². The van der Waals surface area contributed by atoms with E-state index in [4.69, 9.17) is 9.47 Å². The Morgan fingerprint density at radius 1 is 0.897 bits per heavy atom. The average Bonchev–Trinajstić information content (AvgIpc) is 2.69. The molecule has 3 aromatic rings. The Hall–Kier alpha value is -3.11. The van der Waals surface area contributed by atoms with E-state index >= 15 is 0 Å². The fourth-order valence-electron chi connectivity index (χ4n) is 3.23. The molecule has 0 saturated heterocycles. The maximum atomic E-state index is 12.8. The van der Waals surface area contributed by atoms with Gasteiger partial charge in [-0.2, -0.15) is 0 Å². The van der Waals surface area contributed by atoms with Gasteiger partial charge in [0.2, 0.25) is 0 Å². The maximum absolute atomic E-state index is 12.8. The van der Waals surface area contributed by atoms with Gasteiger partial charge in [0.05, 0.1) is 19.8 Å². The summed E-state index contributed by atoms with van der Waals surface area (Å²) in [6.07, 6.45) is 0. The highest BCUT2D eigenvalue weighted by molar-refractivity contribution is 6.04. The molecular weight excluding hydrogens is 362 g/mol. The lowest BCUT2D eigenvalue weighted by Crippen LogP contribution is -2.13. The van der Waals surface area contributed by atoms with Crippen LogP contribution in [-0.4, -0.2) is 12.5 Å². The first-order chi connectivity index (χ1) is 14.0. The number of aryl methyl sites for hydroxylation is 2. The smallest absolute Gasteiger partial charge is 0.255 e. The molecule has 0 radical (unpaired) electrons. The predicted molar refractivity (Wildman–Crippen MR) is 116 cm³/mol. The molecule has 0 aliphatic rings. The summed E-state index contributed by atoms with van der Waals surface area (Å²) in [5.41, 5.74) is 5.56. The molecule has 0 aliphatic heterocycles. The number of anilines is 1. The van der Waals surface area contributed by atoms with Gasteiger partial charge in [0.1, 0.15) is 5.75 Å². The molecular formula is C25H27NO3. The van der Waals surface area contributed by atoms with Crippen molar-refractivity contribution in [3.8, 4) is 5.75 Å². The van der Waals surface area contributed by atoms with Crippen LogP contribution in [0.25, 0.3) is 0 Å². The summed E-state index contributed by atoms with van der Waals surface area (Å²) in [7, 11) is 0. The van der Waals surface area contributed by atoms with E-state index in [1.54, 1.807) is 6.07 Å². The largest absolute Gasteiger partial charge is 0.494 e. The lowest BCUT2D eigenvalue weighted by molar-refractivity contribution is 0.101. The minimum atomic E-state index is -0.151. The van der Waals surface area contributed by atoms with Crippen molar-refractivity contribution >= 4 is 11.6 Å². The molecule has 0 unspecified atom stereocenters. The Balaban J connectivity index is 1.73. The third-order valence-electron chi connectivity index (χ3n) is 4.47. The molecule has 0 spiro atoms. The monoisotopic (exact) mass is 389 g/mol. The van der Waals surface area contributed by atoms with E-state index in [1.165, 1.54) is 0 Å². The number of hydrogen-bond donors (Lipinski definition) is 1. The summed E-state index contributed by atoms with van der Waals surface area (Å²) in [6, 6.07) is 21.5. The molecule has 0 bridgehead atoms. The number of hydrogen-bond acceptors (Lipinski definition) is 3. The molecule has 0 fully saturated rings. The van der Waals surface area contributed by atoms with Crippen molar-refractivity contribution < 1.29 is 14.3 Å². The van der Waals surface area contributed by atoms with Crippen molar-refractivity contribution in [2.75, 3.05) is 11.9 Å². The van der Waals surface area contributed by atoms with Crippen LogP contribution in [0.5, 0.6) is 5.75 Å². The second-order valence-corrected chi connectivity index (χ2v) is 7.06. The maximum Gasteiger partial charge on any atom is 0.255 e. The number of carbonyl (C=O) groups excluding carboxylic acids is 1. The van der Waals surface area contributed by atoms with Crippen LogP contribution in [0.3, 0.4) is 0 Å². The van der Waals surface area contributed by atoms with Crippen molar-refractivity contribution in [2.24, 2.45) is 0 Å². The van der Waals surface area contributed by atoms with Gasteiger partial charge in [-0.25, -0.2) is 0 Å². The molecule has 0 heterocycles. The average molecular weight is 389 g/mol. The van der Waals surface area contributed by atoms with Crippen molar-refractivity contribution in [2.45, 2.75) is 34.0 Å². The second kappa shape index (κ2) is 9.89. The van der Waals surface area contributed by atoms with Gasteiger partial charge in [0, 0.05) is 16.8 Å². The van der Waals surface area contributed by atoms with Gasteiger partial charge < -0.3 is 14.8 Å². The van der Waals surface area contributed by atoms with E-state index < -0.39 is 0 Å². The molecule has 4 nitrogen and oxygen atoms in total. The molecule has 150 valence electrons. The van der Waals surface area contributed by atoms with Crippen LogP contribution in [-0.2, 0) is 18.0 Å². The number of carbonyl (C=O) groups is 1. The Bertz CT molecular complexity index is 947. The third kappa shape index (κ3) is 5.93. The zero-order valence-corrected chi connectivity index (χ0v) is 17.2. The van der Waals surface area contributed by atoms with Gasteiger partial charge in [0.25, 0.3) is 5.91 Å². The van der Waals surface area contributed by atoms with Gasteiger partial charge in [0.15, 0.2) is 0 Å². The fourth-order valence-corrected chi connectivity index (χ4v) is 3.23. The standard InChI is InChI=1S/C25H27NO3/c1-4-29-24-11-10-21(25(27)26-23-13-18(2)12-19(3)14-23)15-22(24)17-28-16-20-8-6-5-7-9-20/h5-15H,4,16-17H2,1-3H3,(H,26,27). The molecule has 1 N–H and O–H groups in total. The quantitative estimate of drug-likeness (QED) is 0.540. The van der Waals surface area contributed by atoms with Gasteiger partial charge in [-0.05, 0) is 67.8 Å². The number of rotatable bonds is 8. The molecule has 0 aliphatic carbocycles. The van der Waals surface area contributed by atoms with Gasteiger partial charge in [-0.3, -0.25) is 4.79 Å². The Kier molecular flexibility index (Phi) is 7.04. The SMILES string of the molecule is CCOc1ccc(C(=O)Nc2cc(C)cc(C)c2)cc1COCc1ccccc1. The topological polar surface area (TPSA) is 47.6 Å². The lowest BCUT2D eigenvalue weighted by Gasteiger charge is -2.13. The lowest BCUT2D eigenvalue weighted by atomic mass is 10.1. The highest BCUT2D eigenvalue weighted by Crippen LogP contribution is 2.23. The zero-order chi connectivity index (χ0) is 20.6. The van der Waals surface area contributed by atoms with Crippen LogP contribution in [0.2, 0.25) is 0 Å². The van der Waals surface area contributed by atoms with E-state index in [2.05, 4.69) is 11.4 Å². The van der Waals surface area contributed by atoms with Crippen LogP contribution in [0.4, 0.5) is 5.69 Å². The highest BCUT2D eigenvalue weighted by Gasteiger charge is 2.12. The summed E-state index contributed by atoms with van der Waals surface area (Å²) >= 11 is 0. The van der Waals surface area contributed by atoms with Crippen LogP contribution in [0, 0.1) is 13.8 Å². The van der Waals surface area contributed by atoms with Gasteiger partial charge in [-0.15, -0.1) is 0 Å². The molecule has 0 atom stereocenters. The minimum absolute atomic E-state index is 0.151. The number of nitrogens with one attached hydrogen (secondary N) is 1. The number of amides is 1. The minimum Gasteiger partial charge on any atom is -0.494 e. The van der Waals surface area contributed by atoms with E-state index in [9.17, 15) is 4.79 Å². The number of benzene rings is 3. The highest BCUT2D eigenvalue weighted by atomic mass is 16.5. The number of ether oxygens (including phenoxy) is 2. The molecule has 4 heteroatoms. The summed E-state index contributed by atoms with van der Waals surface area (Å²) in [4.78, 5) is 12.8. The normalized spacial score (nSPS) is 10.6. The van der Waals surface area contributed by atoms with Crippen LogP contribution < -0.4 is 10.1 Å². The first kappa shape index (κ1) is 20.6. The first-order valence-corrected chi connectivity index (χ1v) is 9.82. The summed E-state index contributed by atoms with van der Waals surface area (Å²) in [5.74, 6) is 0.589. The van der Waals surface area contributed by atoms with Crippen molar-refractivity contribution in [1.29, 1.82) is 0 Å². The Labute approximate surface area is 172 Å². The molecule has 3 aromatic carbocycles. The van der Waals surface area contributed by atoms with E-state index in [0.717, 1.165) is 33.7 Å². The van der Waals surface area contributed by atoms with E-state index in [0.29, 0.717) is 25.4 Å². The second-order valence-electron chi connectivity index (χ2n) is 7.06. The van der Waals surface area contributed by atoms with E-state index in [1.807, 2.05) is 75.4 Å². The van der Waals surface area contributed by atoms with Gasteiger partial charge >= 0.3 is 0 Å². The molecule has 3 rings (SSSR count). The first-order valence-electron chi connectivity index (χ1n) is 9.82. The molecule has 0 aromatic heterocycles. The zero-order valence-electron chi connectivity index (χ0n) is 17.2. The molecule has 0 saturated carbocycles. The molecule has 1 amide bonds. The van der Waals surface area contributed by atoms with Crippen molar-refractivity contribution in [3.05, 3.63) is 94.5 Å². The van der Waals surface area contributed by atoms with Crippen LogP contribution in [0.15, 0.2) is 66.7 Å². The van der Waals surface area contributed by atoms with E-state index in [-0.39, 0.29) is 5.91 Å². The van der Waals surface area contributed by atoms with Gasteiger partial charge in [-0.1, -0.05) is 36.4 Å². The summed E-state index contributed by atoms with van der Waals surface area (Å²) in [5, 5.41) is 2.98. The Morgan fingerprint density at radius 3 is 2.31 bits per heavy atom.